The molecule has 0 aromatic carbocycles. The lowest BCUT2D eigenvalue weighted by Crippen LogP contribution is -1.94. The summed E-state index contributed by atoms with van der Waals surface area (Å²) in [5.41, 5.74) is 7.06. The van der Waals surface area contributed by atoms with Crippen LogP contribution in [0.25, 0.3) is 6.08 Å². The monoisotopic (exact) mass is 178 g/mol. The van der Waals surface area contributed by atoms with E-state index in [4.69, 9.17) is 10.8 Å². The van der Waals surface area contributed by atoms with Gasteiger partial charge in [0.2, 0.25) is 0 Å². The van der Waals surface area contributed by atoms with Gasteiger partial charge in [0.1, 0.15) is 5.82 Å². The standard InChI is InChI=1S/C9H10N2O2/c1-6-4-7(2-3-8(12)13)5-11-9(6)10/h2-5H,1H3,(H2,10,11)(H,12,13)/b3-2+. The third-order valence-electron chi connectivity index (χ3n) is 1.56. The van der Waals surface area contributed by atoms with Crippen molar-refractivity contribution in [1.29, 1.82) is 0 Å². The first-order valence-corrected chi connectivity index (χ1v) is 3.72. The third kappa shape index (κ3) is 2.59. The molecule has 1 heterocycles. The SMILES string of the molecule is Cc1cc(/C=C/C(=O)O)cnc1N. The van der Waals surface area contributed by atoms with E-state index in [0.29, 0.717) is 5.82 Å². The van der Waals surface area contributed by atoms with Crippen molar-refractivity contribution < 1.29 is 9.90 Å². The first-order valence-electron chi connectivity index (χ1n) is 3.72. The lowest BCUT2D eigenvalue weighted by Gasteiger charge is -1.98. The first-order chi connectivity index (χ1) is 6.09. The van der Waals surface area contributed by atoms with Crippen LogP contribution >= 0.6 is 0 Å². The number of hydrogen-bond acceptors (Lipinski definition) is 3. The van der Waals surface area contributed by atoms with Crippen molar-refractivity contribution in [3.8, 4) is 0 Å². The molecule has 0 saturated heterocycles. The summed E-state index contributed by atoms with van der Waals surface area (Å²) in [6.07, 6.45) is 4.07. The molecule has 1 rings (SSSR count). The van der Waals surface area contributed by atoms with Gasteiger partial charge in [-0.25, -0.2) is 9.78 Å². The normalized spacial score (nSPS) is 10.5. The molecule has 0 saturated carbocycles. The van der Waals surface area contributed by atoms with Crippen LogP contribution in [-0.2, 0) is 4.79 Å². The molecule has 0 spiro atoms. The highest BCUT2D eigenvalue weighted by Gasteiger charge is 1.95. The van der Waals surface area contributed by atoms with E-state index in [0.717, 1.165) is 17.2 Å². The van der Waals surface area contributed by atoms with E-state index in [2.05, 4.69) is 4.98 Å². The zero-order chi connectivity index (χ0) is 9.84. The van der Waals surface area contributed by atoms with Crippen LogP contribution in [0.3, 0.4) is 0 Å². The zero-order valence-electron chi connectivity index (χ0n) is 7.19. The van der Waals surface area contributed by atoms with Gasteiger partial charge < -0.3 is 10.8 Å². The van der Waals surface area contributed by atoms with E-state index in [1.807, 2.05) is 6.92 Å². The number of rotatable bonds is 2. The predicted molar refractivity (Wildman–Crippen MR) is 50.1 cm³/mol. The van der Waals surface area contributed by atoms with Gasteiger partial charge in [0.05, 0.1) is 0 Å². The lowest BCUT2D eigenvalue weighted by molar-refractivity contribution is -0.131. The number of pyridine rings is 1. The van der Waals surface area contributed by atoms with Crippen LogP contribution in [0, 0.1) is 6.92 Å². The Hall–Kier alpha value is -1.84. The minimum absolute atomic E-state index is 0.465. The fourth-order valence-electron chi connectivity index (χ4n) is 0.866. The predicted octanol–water partition coefficient (Wildman–Crippen LogP) is 1.07. The Kier molecular flexibility index (Phi) is 2.64. The second-order valence-corrected chi connectivity index (χ2v) is 2.64. The fraction of sp³-hybridized carbons (Fsp3) is 0.111. The molecule has 4 nitrogen and oxygen atoms in total. The summed E-state index contributed by atoms with van der Waals surface area (Å²) in [6.45, 7) is 1.82. The van der Waals surface area contributed by atoms with E-state index >= 15 is 0 Å². The zero-order valence-corrected chi connectivity index (χ0v) is 7.19. The van der Waals surface area contributed by atoms with E-state index in [1.54, 1.807) is 6.07 Å². The number of aryl methyl sites for hydroxylation is 1. The maximum Gasteiger partial charge on any atom is 0.328 e. The largest absolute Gasteiger partial charge is 0.478 e. The van der Waals surface area contributed by atoms with Crippen LogP contribution < -0.4 is 5.73 Å². The Morgan fingerprint density at radius 1 is 1.69 bits per heavy atom. The second kappa shape index (κ2) is 3.71. The highest BCUT2D eigenvalue weighted by molar-refractivity contribution is 5.85. The van der Waals surface area contributed by atoms with Gasteiger partial charge in [-0.3, -0.25) is 0 Å². The van der Waals surface area contributed by atoms with Crippen molar-refractivity contribution in [3.05, 3.63) is 29.5 Å². The van der Waals surface area contributed by atoms with Crippen molar-refractivity contribution in [2.45, 2.75) is 6.92 Å². The van der Waals surface area contributed by atoms with E-state index < -0.39 is 5.97 Å². The van der Waals surface area contributed by atoms with Gasteiger partial charge in [-0.2, -0.15) is 0 Å². The van der Waals surface area contributed by atoms with E-state index in [9.17, 15) is 4.79 Å². The number of nitrogen functional groups attached to an aromatic ring is 1. The van der Waals surface area contributed by atoms with Crippen LogP contribution in [0.15, 0.2) is 18.3 Å². The minimum atomic E-state index is -0.977. The van der Waals surface area contributed by atoms with Crippen molar-refractivity contribution in [2.24, 2.45) is 0 Å². The van der Waals surface area contributed by atoms with Crippen LogP contribution in [-0.4, -0.2) is 16.1 Å². The molecule has 0 radical (unpaired) electrons. The molecule has 0 aliphatic rings. The van der Waals surface area contributed by atoms with Gasteiger partial charge in [-0.15, -0.1) is 0 Å². The number of carboxylic acid groups (broad SMARTS) is 1. The molecule has 0 aliphatic heterocycles. The summed E-state index contributed by atoms with van der Waals surface area (Å²) >= 11 is 0. The maximum atomic E-state index is 10.2. The fourth-order valence-corrected chi connectivity index (χ4v) is 0.866. The molecule has 4 heteroatoms. The summed E-state index contributed by atoms with van der Waals surface area (Å²) in [5.74, 6) is -0.512. The molecule has 13 heavy (non-hydrogen) atoms. The first kappa shape index (κ1) is 9.25. The van der Waals surface area contributed by atoms with Crippen molar-refractivity contribution in [2.75, 3.05) is 5.73 Å². The number of carboxylic acids is 1. The van der Waals surface area contributed by atoms with Gasteiger partial charge in [0, 0.05) is 12.3 Å². The number of nitrogens with zero attached hydrogens (tertiary/aromatic N) is 1. The van der Waals surface area contributed by atoms with Gasteiger partial charge in [-0.1, -0.05) is 0 Å². The molecule has 0 bridgehead atoms. The van der Waals surface area contributed by atoms with Crippen LogP contribution in [0.2, 0.25) is 0 Å². The molecule has 1 aromatic heterocycles. The molecule has 68 valence electrons. The number of aromatic nitrogens is 1. The highest BCUT2D eigenvalue weighted by Crippen LogP contribution is 2.09. The smallest absolute Gasteiger partial charge is 0.328 e. The van der Waals surface area contributed by atoms with E-state index in [-0.39, 0.29) is 0 Å². The third-order valence-corrected chi connectivity index (χ3v) is 1.56. The van der Waals surface area contributed by atoms with Gasteiger partial charge in [-0.05, 0) is 30.2 Å². The minimum Gasteiger partial charge on any atom is -0.478 e. The summed E-state index contributed by atoms with van der Waals surface area (Å²) in [6, 6.07) is 1.78. The number of anilines is 1. The molecule has 0 amide bonds. The molecule has 0 atom stereocenters. The molecule has 0 unspecified atom stereocenters. The summed E-state index contributed by atoms with van der Waals surface area (Å²) in [5, 5.41) is 8.37. The summed E-state index contributed by atoms with van der Waals surface area (Å²) < 4.78 is 0. The van der Waals surface area contributed by atoms with Gasteiger partial charge in [0.25, 0.3) is 0 Å². The van der Waals surface area contributed by atoms with Crippen molar-refractivity contribution in [1.82, 2.24) is 4.98 Å². The van der Waals surface area contributed by atoms with Crippen LogP contribution in [0.1, 0.15) is 11.1 Å². The Bertz CT molecular complexity index is 359. The Morgan fingerprint density at radius 2 is 2.38 bits per heavy atom. The Labute approximate surface area is 75.7 Å². The summed E-state index contributed by atoms with van der Waals surface area (Å²) in [4.78, 5) is 14.1. The van der Waals surface area contributed by atoms with Gasteiger partial charge in [0.15, 0.2) is 0 Å². The Balaban J connectivity index is 2.92. The average Bonchev–Trinajstić information content (AvgIpc) is 2.07. The number of carbonyl (C=O) groups is 1. The number of aliphatic carboxylic acids is 1. The maximum absolute atomic E-state index is 10.2. The van der Waals surface area contributed by atoms with Crippen LogP contribution in [0.5, 0.6) is 0 Å². The average molecular weight is 178 g/mol. The second-order valence-electron chi connectivity index (χ2n) is 2.64. The molecule has 1 aromatic rings. The Morgan fingerprint density at radius 3 is 2.92 bits per heavy atom. The van der Waals surface area contributed by atoms with Crippen molar-refractivity contribution in [3.63, 3.8) is 0 Å². The number of nitrogens with two attached hydrogens (primary N) is 1. The molecule has 0 fully saturated rings. The lowest BCUT2D eigenvalue weighted by atomic mass is 10.2. The topological polar surface area (TPSA) is 76.2 Å². The van der Waals surface area contributed by atoms with Crippen LogP contribution in [0.4, 0.5) is 5.82 Å². The van der Waals surface area contributed by atoms with E-state index in [1.165, 1.54) is 12.3 Å². The molecule has 0 aliphatic carbocycles. The quantitative estimate of drug-likeness (QED) is 0.664. The number of hydrogen-bond donors (Lipinski definition) is 2. The molecular formula is C9H10N2O2. The highest BCUT2D eigenvalue weighted by atomic mass is 16.4. The summed E-state index contributed by atoms with van der Waals surface area (Å²) in [7, 11) is 0. The molecule has 3 N–H and O–H groups in total. The van der Waals surface area contributed by atoms with Crippen molar-refractivity contribution >= 4 is 17.9 Å². The molecular weight excluding hydrogens is 168 g/mol. The van der Waals surface area contributed by atoms with Gasteiger partial charge >= 0.3 is 5.97 Å².